The number of carboxylic acids is 1. The Kier molecular flexibility index (Phi) is 3.25. The molecule has 0 aromatic rings. The summed E-state index contributed by atoms with van der Waals surface area (Å²) < 4.78 is 5.44. The zero-order valence-corrected chi connectivity index (χ0v) is 11.2. The van der Waals surface area contributed by atoms with Crippen molar-refractivity contribution in [2.45, 2.75) is 44.8 Å². The standard InChI is InChI=1S/C14H21NO4/c1-2-19-11-6-10(11)13(16)15-7-8-4-3-5-9(8)12(15)14(17)18/h8-12H,2-7H2,1H3,(H,17,18). The van der Waals surface area contributed by atoms with E-state index in [0.717, 1.165) is 25.7 Å². The van der Waals surface area contributed by atoms with Crippen molar-refractivity contribution in [3.05, 3.63) is 0 Å². The molecule has 3 aliphatic rings. The van der Waals surface area contributed by atoms with Crippen molar-refractivity contribution in [3.8, 4) is 0 Å². The van der Waals surface area contributed by atoms with Crippen LogP contribution in [0.1, 0.15) is 32.6 Å². The molecule has 1 amide bonds. The van der Waals surface area contributed by atoms with E-state index in [2.05, 4.69) is 0 Å². The number of carboxylic acid groups (broad SMARTS) is 1. The molecule has 106 valence electrons. The minimum absolute atomic E-state index is 0.000231. The zero-order chi connectivity index (χ0) is 13.6. The van der Waals surface area contributed by atoms with Crippen LogP contribution in [-0.2, 0) is 14.3 Å². The summed E-state index contributed by atoms with van der Waals surface area (Å²) in [5, 5.41) is 9.43. The van der Waals surface area contributed by atoms with Crippen LogP contribution in [0.2, 0.25) is 0 Å². The quantitative estimate of drug-likeness (QED) is 0.829. The van der Waals surface area contributed by atoms with Gasteiger partial charge < -0.3 is 14.7 Å². The number of nitrogens with zero attached hydrogens (tertiary/aromatic N) is 1. The van der Waals surface area contributed by atoms with Gasteiger partial charge in [0.1, 0.15) is 6.04 Å². The van der Waals surface area contributed by atoms with E-state index < -0.39 is 12.0 Å². The third kappa shape index (κ3) is 2.14. The lowest BCUT2D eigenvalue weighted by Gasteiger charge is -2.24. The van der Waals surface area contributed by atoms with Crippen molar-refractivity contribution in [1.29, 1.82) is 0 Å². The molecule has 2 saturated carbocycles. The normalized spacial score (nSPS) is 40.3. The Hall–Kier alpha value is -1.10. The first-order chi connectivity index (χ1) is 9.13. The molecule has 0 radical (unpaired) electrons. The summed E-state index contributed by atoms with van der Waals surface area (Å²) >= 11 is 0. The minimum Gasteiger partial charge on any atom is -0.480 e. The molecule has 0 aromatic heterocycles. The smallest absolute Gasteiger partial charge is 0.326 e. The number of aliphatic carboxylic acids is 1. The number of amides is 1. The molecule has 1 N–H and O–H groups in total. The summed E-state index contributed by atoms with van der Waals surface area (Å²) in [5.74, 6) is -0.364. The van der Waals surface area contributed by atoms with Gasteiger partial charge in [-0.1, -0.05) is 6.42 Å². The van der Waals surface area contributed by atoms with Crippen molar-refractivity contribution in [1.82, 2.24) is 4.90 Å². The van der Waals surface area contributed by atoms with Gasteiger partial charge in [0.25, 0.3) is 0 Å². The van der Waals surface area contributed by atoms with Gasteiger partial charge in [0.2, 0.25) is 5.91 Å². The summed E-state index contributed by atoms with van der Waals surface area (Å²) in [4.78, 5) is 25.5. The van der Waals surface area contributed by atoms with Gasteiger partial charge in [0.15, 0.2) is 0 Å². The number of likely N-dealkylation sites (tertiary alicyclic amines) is 1. The second-order valence-electron chi connectivity index (χ2n) is 5.96. The van der Waals surface area contributed by atoms with E-state index >= 15 is 0 Å². The van der Waals surface area contributed by atoms with Gasteiger partial charge in [-0.3, -0.25) is 4.79 Å². The molecular weight excluding hydrogens is 246 g/mol. The molecule has 0 spiro atoms. The highest BCUT2D eigenvalue weighted by molar-refractivity contribution is 5.88. The Balaban J connectivity index is 1.70. The van der Waals surface area contributed by atoms with Crippen molar-refractivity contribution in [2.75, 3.05) is 13.2 Å². The monoisotopic (exact) mass is 267 g/mol. The van der Waals surface area contributed by atoms with Crippen LogP contribution in [0.3, 0.4) is 0 Å². The van der Waals surface area contributed by atoms with Gasteiger partial charge in [0.05, 0.1) is 12.0 Å². The van der Waals surface area contributed by atoms with Gasteiger partial charge in [-0.2, -0.15) is 0 Å². The molecule has 1 aliphatic heterocycles. The minimum atomic E-state index is -0.837. The van der Waals surface area contributed by atoms with Crippen LogP contribution < -0.4 is 0 Å². The summed E-state index contributed by atoms with van der Waals surface area (Å²) in [6.07, 6.45) is 3.90. The third-order valence-electron chi connectivity index (χ3n) is 4.86. The molecule has 2 aliphatic carbocycles. The van der Waals surface area contributed by atoms with Crippen molar-refractivity contribution in [3.63, 3.8) is 0 Å². The van der Waals surface area contributed by atoms with Gasteiger partial charge in [-0.05, 0) is 38.0 Å². The average Bonchev–Trinajstić information content (AvgIpc) is 2.82. The lowest BCUT2D eigenvalue weighted by Crippen LogP contribution is -2.44. The fourth-order valence-electron chi connectivity index (χ4n) is 3.89. The molecule has 3 fully saturated rings. The SMILES string of the molecule is CCOC1CC1C(=O)N1CC2CCCC2C1C(=O)O. The van der Waals surface area contributed by atoms with Crippen LogP contribution >= 0.6 is 0 Å². The second kappa shape index (κ2) is 4.78. The second-order valence-corrected chi connectivity index (χ2v) is 5.96. The third-order valence-corrected chi connectivity index (χ3v) is 4.86. The number of fused-ring (bicyclic) bond motifs is 1. The largest absolute Gasteiger partial charge is 0.480 e. The topological polar surface area (TPSA) is 66.8 Å². The molecule has 0 bridgehead atoms. The maximum atomic E-state index is 12.4. The first kappa shape index (κ1) is 12.9. The average molecular weight is 267 g/mol. The maximum absolute atomic E-state index is 12.4. The Morgan fingerprint density at radius 3 is 2.84 bits per heavy atom. The van der Waals surface area contributed by atoms with Gasteiger partial charge in [-0.15, -0.1) is 0 Å². The Morgan fingerprint density at radius 1 is 1.37 bits per heavy atom. The fourth-order valence-corrected chi connectivity index (χ4v) is 3.89. The van der Waals surface area contributed by atoms with Crippen LogP contribution in [-0.4, -0.2) is 47.2 Å². The summed E-state index contributed by atoms with van der Waals surface area (Å²) in [5.41, 5.74) is 0. The summed E-state index contributed by atoms with van der Waals surface area (Å²) in [6, 6.07) is -0.595. The number of hydrogen-bond acceptors (Lipinski definition) is 3. The summed E-state index contributed by atoms with van der Waals surface area (Å²) in [7, 11) is 0. The van der Waals surface area contributed by atoms with E-state index in [-0.39, 0.29) is 23.8 Å². The Labute approximate surface area is 112 Å². The number of carbonyl (C=O) groups is 2. The Bertz CT molecular complexity index is 397. The predicted molar refractivity (Wildman–Crippen MR) is 67.5 cm³/mol. The molecule has 3 rings (SSSR count). The van der Waals surface area contributed by atoms with Crippen molar-refractivity contribution in [2.24, 2.45) is 17.8 Å². The molecular formula is C14H21NO4. The highest BCUT2D eigenvalue weighted by atomic mass is 16.5. The van der Waals surface area contributed by atoms with E-state index in [1.807, 2.05) is 6.92 Å². The van der Waals surface area contributed by atoms with E-state index in [9.17, 15) is 14.7 Å². The number of ether oxygens (including phenoxy) is 1. The van der Waals surface area contributed by atoms with Crippen molar-refractivity contribution >= 4 is 11.9 Å². The van der Waals surface area contributed by atoms with Crippen LogP contribution in [0, 0.1) is 17.8 Å². The molecule has 0 aromatic carbocycles. The van der Waals surface area contributed by atoms with Gasteiger partial charge in [0, 0.05) is 13.2 Å². The number of carbonyl (C=O) groups excluding carboxylic acids is 1. The van der Waals surface area contributed by atoms with Gasteiger partial charge >= 0.3 is 5.97 Å². The van der Waals surface area contributed by atoms with Crippen LogP contribution in [0.15, 0.2) is 0 Å². The zero-order valence-electron chi connectivity index (χ0n) is 11.2. The van der Waals surface area contributed by atoms with E-state index in [4.69, 9.17) is 4.74 Å². The number of hydrogen-bond donors (Lipinski definition) is 1. The molecule has 5 atom stereocenters. The van der Waals surface area contributed by atoms with Crippen LogP contribution in [0.5, 0.6) is 0 Å². The predicted octanol–water partition coefficient (Wildman–Crippen LogP) is 1.12. The van der Waals surface area contributed by atoms with Crippen LogP contribution in [0.4, 0.5) is 0 Å². The first-order valence-corrected chi connectivity index (χ1v) is 7.28. The highest BCUT2D eigenvalue weighted by Crippen LogP contribution is 2.45. The molecule has 19 heavy (non-hydrogen) atoms. The molecule has 5 heteroatoms. The van der Waals surface area contributed by atoms with E-state index in [0.29, 0.717) is 19.1 Å². The van der Waals surface area contributed by atoms with Crippen LogP contribution in [0.25, 0.3) is 0 Å². The summed E-state index contributed by atoms with van der Waals surface area (Å²) in [6.45, 7) is 3.16. The lowest BCUT2D eigenvalue weighted by molar-refractivity contribution is -0.150. The maximum Gasteiger partial charge on any atom is 0.326 e. The fraction of sp³-hybridized carbons (Fsp3) is 0.857. The molecule has 1 heterocycles. The molecule has 5 unspecified atom stereocenters. The van der Waals surface area contributed by atoms with Gasteiger partial charge in [-0.25, -0.2) is 4.79 Å². The highest BCUT2D eigenvalue weighted by Gasteiger charge is 2.54. The van der Waals surface area contributed by atoms with E-state index in [1.165, 1.54) is 0 Å². The van der Waals surface area contributed by atoms with E-state index in [1.54, 1.807) is 4.90 Å². The van der Waals surface area contributed by atoms with Crippen molar-refractivity contribution < 1.29 is 19.4 Å². The first-order valence-electron chi connectivity index (χ1n) is 7.28. The number of rotatable bonds is 4. The Morgan fingerprint density at radius 2 is 2.16 bits per heavy atom. The molecule has 5 nitrogen and oxygen atoms in total. The lowest BCUT2D eigenvalue weighted by atomic mass is 9.94. The molecule has 1 saturated heterocycles.